The molecule has 0 saturated carbocycles. The summed E-state index contributed by atoms with van der Waals surface area (Å²) in [5.74, 6) is 0. The fraction of sp³-hybridized carbons (Fsp3) is 1.00. The van der Waals surface area contributed by atoms with E-state index < -0.39 is 6.23 Å². The fourth-order valence-electron chi connectivity index (χ4n) is 2.18. The van der Waals surface area contributed by atoms with Gasteiger partial charge in [-0.3, -0.25) is 4.90 Å². The van der Waals surface area contributed by atoms with E-state index in [0.717, 1.165) is 19.4 Å². The Bertz CT molecular complexity index is 180. The molecule has 1 aliphatic rings. The van der Waals surface area contributed by atoms with Gasteiger partial charge in [0, 0.05) is 31.8 Å². The Morgan fingerprint density at radius 1 is 1.47 bits per heavy atom. The minimum atomic E-state index is -0.618. The first-order valence-corrected chi connectivity index (χ1v) is 5.71. The largest absolute Gasteiger partial charge is 0.396 e. The van der Waals surface area contributed by atoms with Gasteiger partial charge in [-0.05, 0) is 25.7 Å². The number of rotatable bonds is 6. The highest BCUT2D eigenvalue weighted by Crippen LogP contribution is 2.20. The Hall–Kier alpha value is -0.200. The second-order valence-electron chi connectivity index (χ2n) is 4.21. The molecule has 0 radical (unpaired) electrons. The van der Waals surface area contributed by atoms with Crippen molar-refractivity contribution in [3.63, 3.8) is 0 Å². The zero-order chi connectivity index (χ0) is 11.3. The van der Waals surface area contributed by atoms with Crippen molar-refractivity contribution in [2.75, 3.05) is 19.7 Å². The molecule has 0 aliphatic carbocycles. The molecule has 0 aromatic carbocycles. The highest BCUT2D eigenvalue weighted by Gasteiger charge is 2.31. The zero-order valence-corrected chi connectivity index (χ0v) is 9.18. The molecule has 1 rings (SSSR count). The van der Waals surface area contributed by atoms with Crippen LogP contribution in [0.2, 0.25) is 0 Å². The summed E-state index contributed by atoms with van der Waals surface area (Å²) < 4.78 is 0. The summed E-state index contributed by atoms with van der Waals surface area (Å²) in [6, 6.07) is -0.0236. The number of nitrogens with zero attached hydrogens (tertiary/aromatic N) is 1. The van der Waals surface area contributed by atoms with Crippen LogP contribution in [0, 0.1) is 0 Å². The van der Waals surface area contributed by atoms with Gasteiger partial charge in [-0.1, -0.05) is 0 Å². The first kappa shape index (κ1) is 12.9. The molecule has 1 fully saturated rings. The Labute approximate surface area is 91.0 Å². The van der Waals surface area contributed by atoms with Gasteiger partial charge in [0.2, 0.25) is 0 Å². The highest BCUT2D eigenvalue weighted by molar-refractivity contribution is 4.85. The van der Waals surface area contributed by atoms with Gasteiger partial charge in [0.25, 0.3) is 0 Å². The van der Waals surface area contributed by atoms with E-state index in [1.54, 1.807) is 0 Å². The molecule has 0 bridgehead atoms. The van der Waals surface area contributed by atoms with E-state index >= 15 is 0 Å². The summed E-state index contributed by atoms with van der Waals surface area (Å²) in [5, 5.41) is 18.7. The molecule has 0 aromatic rings. The smallest absolute Gasteiger partial charge is 0.122 e. The molecule has 0 spiro atoms. The molecule has 3 unspecified atom stereocenters. The normalized spacial score (nSPS) is 26.8. The highest BCUT2D eigenvalue weighted by atomic mass is 16.3. The molecule has 90 valence electrons. The minimum absolute atomic E-state index is 0.126. The predicted octanol–water partition coefficient (Wildman–Crippen LogP) is -1.17. The van der Waals surface area contributed by atoms with Crippen LogP contribution >= 0.6 is 0 Å². The summed E-state index contributed by atoms with van der Waals surface area (Å²) in [6.45, 7) is 1.57. The van der Waals surface area contributed by atoms with E-state index in [1.807, 2.05) is 4.90 Å². The van der Waals surface area contributed by atoms with Crippen molar-refractivity contribution in [2.45, 2.75) is 44.0 Å². The molecule has 0 amide bonds. The lowest BCUT2D eigenvalue weighted by atomic mass is 10.1. The number of aliphatic hydroxyl groups is 2. The first-order valence-electron chi connectivity index (χ1n) is 5.71. The van der Waals surface area contributed by atoms with Crippen molar-refractivity contribution in [2.24, 2.45) is 11.5 Å². The van der Waals surface area contributed by atoms with Crippen molar-refractivity contribution < 1.29 is 10.2 Å². The van der Waals surface area contributed by atoms with Gasteiger partial charge in [0.05, 0.1) is 0 Å². The van der Waals surface area contributed by atoms with Crippen molar-refractivity contribution in [1.82, 2.24) is 4.90 Å². The van der Waals surface area contributed by atoms with Crippen LogP contribution in [0.3, 0.4) is 0 Å². The van der Waals surface area contributed by atoms with Crippen LogP contribution in [-0.2, 0) is 0 Å². The van der Waals surface area contributed by atoms with Crippen LogP contribution in [0.1, 0.15) is 25.7 Å². The SMILES string of the molecule is NCC1CCCN1C(O)C(N)CCCO. The molecule has 1 saturated heterocycles. The Morgan fingerprint density at radius 3 is 2.80 bits per heavy atom. The summed E-state index contributed by atoms with van der Waals surface area (Å²) in [4.78, 5) is 1.99. The van der Waals surface area contributed by atoms with Crippen LogP contribution in [0.25, 0.3) is 0 Å². The van der Waals surface area contributed by atoms with Gasteiger partial charge < -0.3 is 21.7 Å². The molecule has 1 aliphatic heterocycles. The number of aliphatic hydroxyl groups excluding tert-OH is 2. The lowest BCUT2D eigenvalue weighted by Crippen LogP contribution is -2.51. The quantitative estimate of drug-likeness (QED) is 0.449. The summed E-state index contributed by atoms with van der Waals surface area (Å²) in [5.41, 5.74) is 11.5. The van der Waals surface area contributed by atoms with E-state index in [0.29, 0.717) is 19.4 Å². The third-order valence-electron chi connectivity index (χ3n) is 3.11. The average molecular weight is 217 g/mol. The van der Waals surface area contributed by atoms with E-state index in [4.69, 9.17) is 16.6 Å². The van der Waals surface area contributed by atoms with Gasteiger partial charge in [0.1, 0.15) is 6.23 Å². The Balaban J connectivity index is 2.40. The standard InChI is InChI=1S/C10H23N3O2/c11-7-8-3-1-5-13(8)10(15)9(12)4-2-6-14/h8-10,14-15H,1-7,11-12H2. The van der Waals surface area contributed by atoms with E-state index in [9.17, 15) is 5.11 Å². The maximum absolute atomic E-state index is 10.0. The average Bonchev–Trinajstić information content (AvgIpc) is 2.72. The van der Waals surface area contributed by atoms with Crippen molar-refractivity contribution in [1.29, 1.82) is 0 Å². The number of hydrogen-bond donors (Lipinski definition) is 4. The van der Waals surface area contributed by atoms with Crippen LogP contribution in [-0.4, -0.2) is 53.1 Å². The van der Waals surface area contributed by atoms with Gasteiger partial charge in [0.15, 0.2) is 0 Å². The van der Waals surface area contributed by atoms with Crippen molar-refractivity contribution in [3.05, 3.63) is 0 Å². The summed E-state index contributed by atoms with van der Waals surface area (Å²) >= 11 is 0. The molecule has 5 nitrogen and oxygen atoms in total. The van der Waals surface area contributed by atoms with Crippen LogP contribution in [0.15, 0.2) is 0 Å². The maximum atomic E-state index is 10.0. The summed E-state index contributed by atoms with van der Waals surface area (Å²) in [7, 11) is 0. The Morgan fingerprint density at radius 2 is 2.20 bits per heavy atom. The molecular weight excluding hydrogens is 194 g/mol. The lowest BCUT2D eigenvalue weighted by molar-refractivity contribution is -0.0239. The lowest BCUT2D eigenvalue weighted by Gasteiger charge is -2.32. The molecular formula is C10H23N3O2. The van der Waals surface area contributed by atoms with Gasteiger partial charge in [-0.15, -0.1) is 0 Å². The molecule has 6 N–H and O–H groups in total. The van der Waals surface area contributed by atoms with Crippen LogP contribution < -0.4 is 11.5 Å². The van der Waals surface area contributed by atoms with Crippen molar-refractivity contribution in [3.8, 4) is 0 Å². The summed E-state index contributed by atoms with van der Waals surface area (Å²) in [6.07, 6.45) is 2.78. The van der Waals surface area contributed by atoms with E-state index in [1.165, 1.54) is 0 Å². The molecule has 0 aromatic heterocycles. The number of likely N-dealkylation sites (tertiary alicyclic amines) is 1. The second-order valence-corrected chi connectivity index (χ2v) is 4.21. The molecule has 15 heavy (non-hydrogen) atoms. The molecule has 3 atom stereocenters. The second kappa shape index (κ2) is 6.40. The van der Waals surface area contributed by atoms with Gasteiger partial charge in [-0.2, -0.15) is 0 Å². The maximum Gasteiger partial charge on any atom is 0.122 e. The number of nitrogens with two attached hydrogens (primary N) is 2. The molecule has 5 heteroatoms. The zero-order valence-electron chi connectivity index (χ0n) is 9.18. The number of hydrogen-bond acceptors (Lipinski definition) is 5. The minimum Gasteiger partial charge on any atom is -0.396 e. The Kier molecular flexibility index (Phi) is 5.49. The van der Waals surface area contributed by atoms with E-state index in [-0.39, 0.29) is 18.7 Å². The van der Waals surface area contributed by atoms with Gasteiger partial charge in [-0.25, -0.2) is 0 Å². The third kappa shape index (κ3) is 3.39. The first-order chi connectivity index (χ1) is 7.20. The van der Waals surface area contributed by atoms with Crippen molar-refractivity contribution >= 4 is 0 Å². The monoisotopic (exact) mass is 217 g/mol. The van der Waals surface area contributed by atoms with Gasteiger partial charge >= 0.3 is 0 Å². The van der Waals surface area contributed by atoms with Crippen LogP contribution in [0.5, 0.6) is 0 Å². The topological polar surface area (TPSA) is 95.7 Å². The van der Waals surface area contributed by atoms with E-state index in [2.05, 4.69) is 0 Å². The fourth-order valence-corrected chi connectivity index (χ4v) is 2.18. The third-order valence-corrected chi connectivity index (χ3v) is 3.11. The van der Waals surface area contributed by atoms with Crippen LogP contribution in [0.4, 0.5) is 0 Å². The predicted molar refractivity (Wildman–Crippen MR) is 59.1 cm³/mol. The molecule has 1 heterocycles.